The van der Waals surface area contributed by atoms with Crippen LogP contribution in [0.3, 0.4) is 0 Å². The molecule has 1 heterocycles. The first-order valence-electron chi connectivity index (χ1n) is 5.52. The van der Waals surface area contributed by atoms with Crippen molar-refractivity contribution in [2.45, 2.75) is 19.1 Å². The van der Waals surface area contributed by atoms with Gasteiger partial charge in [0.1, 0.15) is 0 Å². The number of rotatable bonds is 4. The number of aliphatic hydroxyl groups excluding tert-OH is 1. The van der Waals surface area contributed by atoms with E-state index in [1.54, 1.807) is 0 Å². The van der Waals surface area contributed by atoms with Gasteiger partial charge >= 0.3 is 6.03 Å². The molecule has 90 valence electrons. The minimum Gasteiger partial charge on any atom is -0.365 e. The second-order valence-corrected chi connectivity index (χ2v) is 3.93. The van der Waals surface area contributed by atoms with Crippen molar-refractivity contribution in [1.29, 1.82) is 0 Å². The van der Waals surface area contributed by atoms with Crippen LogP contribution < -0.4 is 5.32 Å². The zero-order chi connectivity index (χ0) is 12.3. The van der Waals surface area contributed by atoms with Crippen LogP contribution >= 0.6 is 0 Å². The van der Waals surface area contributed by atoms with Crippen molar-refractivity contribution in [3.05, 3.63) is 35.9 Å². The highest BCUT2D eigenvalue weighted by molar-refractivity contribution is 6.03. The van der Waals surface area contributed by atoms with Gasteiger partial charge in [-0.05, 0) is 18.4 Å². The van der Waals surface area contributed by atoms with E-state index in [2.05, 4.69) is 5.32 Å². The second-order valence-electron chi connectivity index (χ2n) is 3.93. The molecule has 1 atom stereocenters. The second kappa shape index (κ2) is 4.97. The van der Waals surface area contributed by atoms with E-state index in [0.29, 0.717) is 13.0 Å². The van der Waals surface area contributed by atoms with Crippen LogP contribution in [-0.2, 0) is 11.2 Å². The summed E-state index contributed by atoms with van der Waals surface area (Å²) in [5.41, 5.74) is 1.17. The Labute approximate surface area is 99.0 Å². The predicted octanol–water partition coefficient (Wildman–Crippen LogP) is 0.489. The monoisotopic (exact) mass is 234 g/mol. The van der Waals surface area contributed by atoms with Crippen LogP contribution in [0, 0.1) is 0 Å². The third-order valence-electron chi connectivity index (χ3n) is 2.70. The minimum atomic E-state index is -1.38. The Bertz CT molecular complexity index is 419. The number of hydrogen-bond donors (Lipinski definition) is 2. The van der Waals surface area contributed by atoms with E-state index in [0.717, 1.165) is 11.3 Å². The van der Waals surface area contributed by atoms with Gasteiger partial charge in [0.15, 0.2) is 0 Å². The van der Waals surface area contributed by atoms with Gasteiger partial charge in [0.2, 0.25) is 6.23 Å². The minimum absolute atomic E-state index is 0.330. The van der Waals surface area contributed by atoms with Crippen LogP contribution in [0.15, 0.2) is 30.3 Å². The standard InChI is InChI=1S/C12H14N2O3/c15-10-11(16)14(12(17)13-10)8-4-7-9-5-2-1-3-6-9/h1-3,5-6,10,15H,4,7-8H2,(H,13,17). The molecule has 0 aliphatic carbocycles. The number of hydrogen-bond acceptors (Lipinski definition) is 3. The van der Waals surface area contributed by atoms with E-state index in [9.17, 15) is 9.59 Å². The molecule has 0 aromatic heterocycles. The lowest BCUT2D eigenvalue weighted by Gasteiger charge is -2.11. The summed E-state index contributed by atoms with van der Waals surface area (Å²) in [6, 6.07) is 9.33. The van der Waals surface area contributed by atoms with Gasteiger partial charge in [0, 0.05) is 6.54 Å². The number of carbonyl (C=O) groups is 2. The Morgan fingerprint density at radius 1 is 1.24 bits per heavy atom. The average Bonchev–Trinajstić information content (AvgIpc) is 2.57. The summed E-state index contributed by atoms with van der Waals surface area (Å²) in [6.07, 6.45) is 0.114. The predicted molar refractivity (Wildman–Crippen MR) is 61.0 cm³/mol. The Morgan fingerprint density at radius 2 is 1.94 bits per heavy atom. The van der Waals surface area contributed by atoms with Crippen LogP contribution in [0.5, 0.6) is 0 Å². The SMILES string of the molecule is O=C1NC(O)C(=O)N1CCCc1ccccc1. The normalized spacial score (nSPS) is 19.6. The smallest absolute Gasteiger partial charge is 0.326 e. The molecule has 0 saturated carbocycles. The first kappa shape index (κ1) is 11.6. The number of benzene rings is 1. The molecule has 2 N–H and O–H groups in total. The third-order valence-corrected chi connectivity index (χ3v) is 2.70. The number of imide groups is 1. The van der Waals surface area contributed by atoms with Crippen molar-refractivity contribution >= 4 is 11.9 Å². The van der Waals surface area contributed by atoms with Gasteiger partial charge in [-0.15, -0.1) is 0 Å². The van der Waals surface area contributed by atoms with Crippen molar-refractivity contribution in [2.75, 3.05) is 6.54 Å². The molecular formula is C12H14N2O3. The van der Waals surface area contributed by atoms with E-state index in [1.165, 1.54) is 5.56 Å². The lowest BCUT2D eigenvalue weighted by atomic mass is 10.1. The van der Waals surface area contributed by atoms with Crippen molar-refractivity contribution < 1.29 is 14.7 Å². The maximum absolute atomic E-state index is 11.4. The highest BCUT2D eigenvalue weighted by Crippen LogP contribution is 2.08. The zero-order valence-electron chi connectivity index (χ0n) is 9.30. The highest BCUT2D eigenvalue weighted by atomic mass is 16.3. The van der Waals surface area contributed by atoms with Crippen LogP contribution in [0.4, 0.5) is 4.79 Å². The molecule has 0 bridgehead atoms. The molecular weight excluding hydrogens is 220 g/mol. The van der Waals surface area contributed by atoms with Gasteiger partial charge < -0.3 is 10.4 Å². The largest absolute Gasteiger partial charge is 0.365 e. The quantitative estimate of drug-likeness (QED) is 0.745. The van der Waals surface area contributed by atoms with Gasteiger partial charge in [-0.1, -0.05) is 30.3 Å². The van der Waals surface area contributed by atoms with Gasteiger partial charge in [0.05, 0.1) is 0 Å². The molecule has 1 fully saturated rings. The van der Waals surface area contributed by atoms with E-state index < -0.39 is 18.2 Å². The number of carbonyl (C=O) groups excluding carboxylic acids is 2. The summed E-state index contributed by atoms with van der Waals surface area (Å²) < 4.78 is 0. The summed E-state index contributed by atoms with van der Waals surface area (Å²) >= 11 is 0. The average molecular weight is 234 g/mol. The van der Waals surface area contributed by atoms with E-state index >= 15 is 0 Å². The molecule has 1 saturated heterocycles. The molecule has 17 heavy (non-hydrogen) atoms. The number of aliphatic hydroxyl groups is 1. The van der Waals surface area contributed by atoms with Crippen molar-refractivity contribution in [2.24, 2.45) is 0 Å². The van der Waals surface area contributed by atoms with Crippen LogP contribution in [0.25, 0.3) is 0 Å². The Balaban J connectivity index is 1.83. The molecule has 3 amide bonds. The lowest BCUT2D eigenvalue weighted by Crippen LogP contribution is -2.32. The van der Waals surface area contributed by atoms with Crippen molar-refractivity contribution in [1.82, 2.24) is 10.2 Å². The number of nitrogens with one attached hydrogen (secondary N) is 1. The Morgan fingerprint density at radius 3 is 2.53 bits per heavy atom. The van der Waals surface area contributed by atoms with Gasteiger partial charge in [-0.3, -0.25) is 9.69 Å². The fourth-order valence-electron chi connectivity index (χ4n) is 1.80. The van der Waals surface area contributed by atoms with Crippen LogP contribution in [0.2, 0.25) is 0 Å². The fraction of sp³-hybridized carbons (Fsp3) is 0.333. The summed E-state index contributed by atoms with van der Waals surface area (Å²) in [4.78, 5) is 23.7. The first-order valence-corrected chi connectivity index (χ1v) is 5.52. The van der Waals surface area contributed by atoms with Crippen molar-refractivity contribution in [3.63, 3.8) is 0 Å². The van der Waals surface area contributed by atoms with Crippen molar-refractivity contribution in [3.8, 4) is 0 Å². The maximum atomic E-state index is 11.4. The molecule has 1 aromatic carbocycles. The maximum Gasteiger partial charge on any atom is 0.326 e. The van der Waals surface area contributed by atoms with Crippen LogP contribution in [-0.4, -0.2) is 34.7 Å². The zero-order valence-corrected chi connectivity index (χ0v) is 9.30. The number of aryl methyl sites for hydroxylation is 1. The topological polar surface area (TPSA) is 69.6 Å². The van der Waals surface area contributed by atoms with Crippen LogP contribution in [0.1, 0.15) is 12.0 Å². The first-order chi connectivity index (χ1) is 8.18. The fourth-order valence-corrected chi connectivity index (χ4v) is 1.80. The Hall–Kier alpha value is -1.88. The third kappa shape index (κ3) is 2.62. The molecule has 1 unspecified atom stereocenters. The molecule has 5 heteroatoms. The summed E-state index contributed by atoms with van der Waals surface area (Å²) in [6.45, 7) is 0.330. The molecule has 1 aliphatic rings. The number of nitrogens with zero attached hydrogens (tertiary/aromatic N) is 1. The Kier molecular flexibility index (Phi) is 3.39. The molecule has 5 nitrogen and oxygen atoms in total. The summed E-state index contributed by atoms with van der Waals surface area (Å²) in [5, 5.41) is 11.3. The molecule has 1 aromatic rings. The van der Waals surface area contributed by atoms with Gasteiger partial charge in [-0.25, -0.2) is 4.79 Å². The van der Waals surface area contributed by atoms with E-state index in [4.69, 9.17) is 5.11 Å². The molecule has 1 aliphatic heterocycles. The van der Waals surface area contributed by atoms with Gasteiger partial charge in [-0.2, -0.15) is 0 Å². The molecule has 2 rings (SSSR count). The summed E-state index contributed by atoms with van der Waals surface area (Å²) in [7, 11) is 0. The highest BCUT2D eigenvalue weighted by Gasteiger charge is 2.35. The summed E-state index contributed by atoms with van der Waals surface area (Å²) in [5.74, 6) is -0.567. The van der Waals surface area contributed by atoms with E-state index in [1.807, 2.05) is 30.3 Å². The molecule has 0 radical (unpaired) electrons. The molecule has 0 spiro atoms. The van der Waals surface area contributed by atoms with E-state index in [-0.39, 0.29) is 0 Å². The number of urea groups is 1. The number of amides is 3. The lowest BCUT2D eigenvalue weighted by molar-refractivity contribution is -0.133. The van der Waals surface area contributed by atoms with Gasteiger partial charge in [0.25, 0.3) is 5.91 Å².